The summed E-state index contributed by atoms with van der Waals surface area (Å²) in [5.74, 6) is -0.400. The molecule has 0 bridgehead atoms. The van der Waals surface area contributed by atoms with Crippen LogP contribution in [0.5, 0.6) is 0 Å². The Morgan fingerprint density at radius 2 is 1.87 bits per heavy atom. The largest absolute Gasteiger partial charge is 0.394 e. The van der Waals surface area contributed by atoms with Crippen molar-refractivity contribution in [3.63, 3.8) is 0 Å². The van der Waals surface area contributed by atoms with Gasteiger partial charge in [0.2, 0.25) is 10.9 Å². The molecule has 0 saturated heterocycles. The number of hydrogen-bond donors (Lipinski definition) is 2. The number of hydrogen-bond acceptors (Lipinski definition) is 5. The molecule has 0 aliphatic carbocycles. The number of unbranched alkanes of at least 4 members (excludes halogenated alkanes) is 3. The van der Waals surface area contributed by atoms with E-state index in [9.17, 15) is 19.8 Å². The van der Waals surface area contributed by atoms with Gasteiger partial charge in [0.1, 0.15) is 5.65 Å². The minimum atomic E-state index is -1.03. The third kappa shape index (κ3) is 8.12. The van der Waals surface area contributed by atoms with Gasteiger partial charge >= 0.3 is 0 Å². The Labute approximate surface area is 233 Å². The average Bonchev–Trinajstić information content (AvgIpc) is 3.17. The van der Waals surface area contributed by atoms with Crippen LogP contribution >= 0.6 is 23.2 Å². The third-order valence-electron chi connectivity index (χ3n) is 6.56. The second kappa shape index (κ2) is 14.4. The molecule has 202 valence electrons. The summed E-state index contributed by atoms with van der Waals surface area (Å²) in [6, 6.07) is 9.51. The van der Waals surface area contributed by atoms with Gasteiger partial charge in [-0.1, -0.05) is 43.5 Å². The van der Waals surface area contributed by atoms with Gasteiger partial charge in [0, 0.05) is 40.7 Å². The van der Waals surface area contributed by atoms with Crippen molar-refractivity contribution in [1.82, 2.24) is 9.55 Å². The van der Waals surface area contributed by atoms with Crippen LogP contribution in [0.2, 0.25) is 5.02 Å². The molecular formula is C29H33Cl2N3O4. The number of aromatic nitrogens is 2. The highest BCUT2D eigenvalue weighted by Crippen LogP contribution is 2.32. The van der Waals surface area contributed by atoms with Crippen molar-refractivity contribution in [1.29, 1.82) is 0 Å². The quantitative estimate of drug-likeness (QED) is 0.0988. The summed E-state index contributed by atoms with van der Waals surface area (Å²) in [6.45, 7) is 8.85. The van der Waals surface area contributed by atoms with Crippen LogP contribution in [-0.4, -0.2) is 43.5 Å². The molecule has 0 spiro atoms. The Hall–Kier alpha value is -2.76. The average molecular weight is 559 g/mol. The standard InChI is InChI=1S/C29H33Cl2N3O4/c1-19(13-27(31)38)12-26(37)28-24-15-22(32-2)16-33-29(24)34(17-23(36)18-35)25(28)11-6-4-3-5-8-20-9-7-10-21(30)14-20/h7,9-10,14-16,19,23,35-36H,3-6,8,11-13,17-18H2,1H3/t19?,23-/m1/s1. The van der Waals surface area contributed by atoms with Crippen LogP contribution in [0.1, 0.15) is 67.1 Å². The first-order valence-corrected chi connectivity index (χ1v) is 13.6. The lowest BCUT2D eigenvalue weighted by Gasteiger charge is -2.15. The highest BCUT2D eigenvalue weighted by Gasteiger charge is 2.26. The van der Waals surface area contributed by atoms with Crippen molar-refractivity contribution in [2.24, 2.45) is 5.92 Å². The molecule has 1 unspecified atom stereocenters. The number of fused-ring (bicyclic) bond motifs is 1. The fourth-order valence-electron chi connectivity index (χ4n) is 4.79. The molecule has 2 N–H and O–H groups in total. The number of pyridine rings is 1. The monoisotopic (exact) mass is 557 g/mol. The molecule has 0 radical (unpaired) electrons. The molecule has 0 fully saturated rings. The topological polar surface area (TPSA) is 96.8 Å². The molecule has 3 aromatic rings. The Morgan fingerprint density at radius 3 is 2.53 bits per heavy atom. The first-order chi connectivity index (χ1) is 18.2. The lowest BCUT2D eigenvalue weighted by Crippen LogP contribution is -2.22. The van der Waals surface area contributed by atoms with Crippen LogP contribution in [0.15, 0.2) is 36.5 Å². The highest BCUT2D eigenvalue weighted by atomic mass is 35.5. The lowest BCUT2D eigenvalue weighted by atomic mass is 9.94. The van der Waals surface area contributed by atoms with Crippen LogP contribution in [0, 0.1) is 12.5 Å². The van der Waals surface area contributed by atoms with E-state index >= 15 is 0 Å². The maximum Gasteiger partial charge on any atom is 0.221 e. The zero-order chi connectivity index (χ0) is 27.7. The number of rotatable bonds is 15. The Morgan fingerprint density at radius 1 is 1.13 bits per heavy atom. The maximum atomic E-state index is 13.6. The lowest BCUT2D eigenvalue weighted by molar-refractivity contribution is -0.112. The predicted octanol–water partition coefficient (Wildman–Crippen LogP) is 6.30. The van der Waals surface area contributed by atoms with Gasteiger partial charge in [0.05, 0.1) is 25.8 Å². The third-order valence-corrected chi connectivity index (χ3v) is 6.95. The molecule has 0 saturated carbocycles. The van der Waals surface area contributed by atoms with Crippen LogP contribution in [0.25, 0.3) is 15.9 Å². The number of carbonyl (C=O) groups excluding carboxylic acids is 2. The number of aliphatic hydroxyl groups is 2. The van der Waals surface area contributed by atoms with E-state index in [0.717, 1.165) is 42.8 Å². The number of carbonyl (C=O) groups is 2. The summed E-state index contributed by atoms with van der Waals surface area (Å²) >= 11 is 11.6. The van der Waals surface area contributed by atoms with E-state index in [1.807, 2.05) is 18.2 Å². The molecule has 0 amide bonds. The number of benzene rings is 1. The summed E-state index contributed by atoms with van der Waals surface area (Å²) in [7, 11) is 0. The van der Waals surface area contributed by atoms with Gasteiger partial charge in [-0.2, -0.15) is 0 Å². The molecule has 2 heterocycles. The van der Waals surface area contributed by atoms with Crippen LogP contribution in [-0.2, 0) is 24.2 Å². The summed E-state index contributed by atoms with van der Waals surface area (Å²) in [6.07, 6.45) is 5.90. The zero-order valence-electron chi connectivity index (χ0n) is 21.5. The number of ketones is 1. The summed E-state index contributed by atoms with van der Waals surface area (Å²) in [4.78, 5) is 32.9. The molecule has 38 heavy (non-hydrogen) atoms. The van der Waals surface area contributed by atoms with Crippen molar-refractivity contribution in [3.05, 3.63) is 69.8 Å². The van der Waals surface area contributed by atoms with E-state index in [1.54, 1.807) is 17.6 Å². The molecule has 1 aromatic carbocycles. The molecule has 0 aliphatic heterocycles. The van der Waals surface area contributed by atoms with Gasteiger partial charge in [-0.3, -0.25) is 9.59 Å². The van der Waals surface area contributed by atoms with Gasteiger partial charge in [0.15, 0.2) is 5.78 Å². The van der Waals surface area contributed by atoms with Crippen molar-refractivity contribution < 1.29 is 19.8 Å². The van der Waals surface area contributed by atoms with Crippen molar-refractivity contribution in [3.8, 4) is 0 Å². The van der Waals surface area contributed by atoms with E-state index in [-0.39, 0.29) is 31.1 Å². The first kappa shape index (κ1) is 29.8. The Balaban J connectivity index is 1.85. The number of nitrogens with zero attached hydrogens (tertiary/aromatic N) is 3. The highest BCUT2D eigenvalue weighted by molar-refractivity contribution is 6.63. The normalized spacial score (nSPS) is 12.8. The van der Waals surface area contributed by atoms with Crippen LogP contribution in [0.4, 0.5) is 5.69 Å². The number of halogens is 2. The molecular weight excluding hydrogens is 525 g/mol. The van der Waals surface area contributed by atoms with Gasteiger partial charge in [-0.25, -0.2) is 9.83 Å². The molecule has 0 aliphatic rings. The fraction of sp³-hybridized carbons (Fsp3) is 0.448. The zero-order valence-corrected chi connectivity index (χ0v) is 23.0. The van der Waals surface area contributed by atoms with Crippen LogP contribution in [0.3, 0.4) is 0 Å². The van der Waals surface area contributed by atoms with Crippen molar-refractivity contribution in [2.45, 2.75) is 70.9 Å². The molecule has 2 atom stereocenters. The minimum absolute atomic E-state index is 0.0739. The molecule has 7 nitrogen and oxygen atoms in total. The van der Waals surface area contributed by atoms with Gasteiger partial charge in [-0.05, 0) is 67.0 Å². The summed E-state index contributed by atoms with van der Waals surface area (Å²) in [5.41, 5.74) is 3.20. The minimum Gasteiger partial charge on any atom is -0.394 e. The van der Waals surface area contributed by atoms with E-state index < -0.39 is 18.0 Å². The summed E-state index contributed by atoms with van der Waals surface area (Å²) in [5, 5.41) is 20.6. The summed E-state index contributed by atoms with van der Waals surface area (Å²) < 4.78 is 1.79. The molecule has 2 aromatic heterocycles. The van der Waals surface area contributed by atoms with Gasteiger partial charge in [-0.15, -0.1) is 0 Å². The molecule has 9 heteroatoms. The smallest absolute Gasteiger partial charge is 0.221 e. The van der Waals surface area contributed by atoms with E-state index in [1.165, 1.54) is 11.8 Å². The fourth-order valence-corrected chi connectivity index (χ4v) is 5.27. The van der Waals surface area contributed by atoms with E-state index in [0.29, 0.717) is 28.7 Å². The Bertz CT molecular complexity index is 1320. The SMILES string of the molecule is [C-]#[N+]c1cnc2c(c1)c(C(=O)CC(C)CC(=O)Cl)c(CCCCCCc1cccc(Cl)c1)n2C[C@@H](O)CO. The van der Waals surface area contributed by atoms with Gasteiger partial charge in [0.25, 0.3) is 0 Å². The predicted molar refractivity (Wildman–Crippen MR) is 150 cm³/mol. The van der Waals surface area contributed by atoms with Crippen LogP contribution < -0.4 is 0 Å². The van der Waals surface area contributed by atoms with Gasteiger partial charge < -0.3 is 14.8 Å². The number of aliphatic hydroxyl groups excluding tert-OH is 2. The van der Waals surface area contributed by atoms with E-state index in [4.69, 9.17) is 29.8 Å². The number of Topliss-reactive ketones (excluding diaryl/α,β-unsaturated/α-hetero) is 1. The number of aryl methyl sites for hydroxylation is 1. The molecule has 3 rings (SSSR count). The second-order valence-corrected chi connectivity index (χ2v) is 10.6. The maximum absolute atomic E-state index is 13.6. The Kier molecular flexibility index (Phi) is 11.3. The van der Waals surface area contributed by atoms with Crippen molar-refractivity contribution in [2.75, 3.05) is 6.61 Å². The second-order valence-electron chi connectivity index (χ2n) is 9.78. The van der Waals surface area contributed by atoms with E-state index in [2.05, 4.69) is 15.9 Å². The van der Waals surface area contributed by atoms with Crippen molar-refractivity contribution >= 4 is 50.9 Å². The first-order valence-electron chi connectivity index (χ1n) is 12.9.